The summed E-state index contributed by atoms with van der Waals surface area (Å²) in [5.41, 5.74) is 2.51. The summed E-state index contributed by atoms with van der Waals surface area (Å²) in [5, 5.41) is 11.8. The zero-order chi connectivity index (χ0) is 17.7. The van der Waals surface area contributed by atoms with E-state index in [2.05, 4.69) is 36.8 Å². The van der Waals surface area contributed by atoms with Crippen molar-refractivity contribution < 1.29 is 9.53 Å². The van der Waals surface area contributed by atoms with E-state index in [4.69, 9.17) is 4.74 Å². The summed E-state index contributed by atoms with van der Waals surface area (Å²) in [5.74, 6) is 1.41. The number of carbonyl (C=O) groups is 1. The number of nitrogens with one attached hydrogen (secondary N) is 2. The van der Waals surface area contributed by atoms with E-state index in [1.54, 1.807) is 6.20 Å². The molecular weight excluding hydrogens is 334 g/mol. The number of carbonyl (C=O) groups excluding carboxylic acids is 1. The molecule has 2 saturated heterocycles. The molecule has 0 saturated carbocycles. The van der Waals surface area contributed by atoms with Crippen molar-refractivity contribution in [2.24, 2.45) is 5.92 Å². The SMILES string of the molecule is CC[C@H]1CN(C(=O)NC2COC2)C[C@H]1c1nnc2cnc3[nH]ccc3n12. The minimum absolute atomic E-state index is 0.0125. The van der Waals surface area contributed by atoms with Gasteiger partial charge in [-0.25, -0.2) is 9.78 Å². The van der Waals surface area contributed by atoms with E-state index < -0.39 is 0 Å². The Labute approximate surface area is 149 Å². The quantitative estimate of drug-likeness (QED) is 0.734. The molecule has 136 valence electrons. The summed E-state index contributed by atoms with van der Waals surface area (Å²) in [6, 6.07) is 2.11. The highest BCUT2D eigenvalue weighted by Gasteiger charge is 2.39. The van der Waals surface area contributed by atoms with Crippen LogP contribution in [0.4, 0.5) is 4.79 Å². The number of ether oxygens (including phenoxy) is 1. The Morgan fingerprint density at radius 1 is 1.38 bits per heavy atom. The number of nitrogens with zero attached hydrogens (tertiary/aromatic N) is 5. The first kappa shape index (κ1) is 15.6. The van der Waals surface area contributed by atoms with Crippen LogP contribution in [0, 0.1) is 5.92 Å². The topological polar surface area (TPSA) is 100 Å². The van der Waals surface area contributed by atoms with Gasteiger partial charge in [0.1, 0.15) is 5.82 Å². The number of fused-ring (bicyclic) bond motifs is 3. The predicted molar refractivity (Wildman–Crippen MR) is 93.9 cm³/mol. The van der Waals surface area contributed by atoms with E-state index in [0.717, 1.165) is 35.6 Å². The molecule has 5 heterocycles. The van der Waals surface area contributed by atoms with E-state index >= 15 is 0 Å². The van der Waals surface area contributed by atoms with Crippen molar-refractivity contribution in [1.82, 2.24) is 34.8 Å². The number of aromatic amines is 1. The zero-order valence-electron chi connectivity index (χ0n) is 14.6. The summed E-state index contributed by atoms with van der Waals surface area (Å²) in [4.78, 5) is 22.0. The lowest BCUT2D eigenvalue weighted by atomic mass is 9.93. The molecule has 2 amide bonds. The molecule has 2 N–H and O–H groups in total. The zero-order valence-corrected chi connectivity index (χ0v) is 14.6. The number of hydrogen-bond donors (Lipinski definition) is 2. The normalized spacial score (nSPS) is 23.7. The number of likely N-dealkylation sites (tertiary alicyclic amines) is 1. The van der Waals surface area contributed by atoms with Gasteiger partial charge in [-0.2, -0.15) is 0 Å². The number of amides is 2. The second-order valence-electron chi connectivity index (χ2n) is 7.09. The number of H-pyrrole nitrogens is 1. The Bertz CT molecular complexity index is 960. The highest BCUT2D eigenvalue weighted by Crippen LogP contribution is 2.34. The fraction of sp³-hybridized carbons (Fsp3) is 0.529. The Morgan fingerprint density at radius 2 is 2.27 bits per heavy atom. The van der Waals surface area contributed by atoms with Crippen molar-refractivity contribution in [3.63, 3.8) is 0 Å². The maximum Gasteiger partial charge on any atom is 0.317 e. The van der Waals surface area contributed by atoms with Crippen LogP contribution < -0.4 is 5.32 Å². The maximum atomic E-state index is 12.6. The number of rotatable bonds is 3. The van der Waals surface area contributed by atoms with E-state index in [1.807, 2.05) is 17.2 Å². The van der Waals surface area contributed by atoms with E-state index in [9.17, 15) is 4.79 Å². The number of aromatic nitrogens is 5. The lowest BCUT2D eigenvalue weighted by molar-refractivity contribution is -0.00174. The van der Waals surface area contributed by atoms with Gasteiger partial charge in [-0.05, 0) is 12.0 Å². The molecule has 2 aliphatic heterocycles. The summed E-state index contributed by atoms with van der Waals surface area (Å²) >= 11 is 0. The standard InChI is InChI=1S/C17H21N7O2/c1-2-10-6-23(17(25)20-11-8-26-9-11)7-12(10)16-22-21-14-5-19-15-13(24(14)16)3-4-18-15/h3-5,10-12,18H,2,6-9H2,1H3,(H,20,25)/t10-,12+/m0/s1. The van der Waals surface area contributed by atoms with Crippen LogP contribution in [0.5, 0.6) is 0 Å². The molecule has 2 aliphatic rings. The van der Waals surface area contributed by atoms with Gasteiger partial charge in [0.15, 0.2) is 11.3 Å². The van der Waals surface area contributed by atoms with Crippen LogP contribution in [0.3, 0.4) is 0 Å². The lowest BCUT2D eigenvalue weighted by Gasteiger charge is -2.29. The van der Waals surface area contributed by atoms with Crippen LogP contribution in [-0.2, 0) is 4.74 Å². The monoisotopic (exact) mass is 355 g/mol. The smallest absolute Gasteiger partial charge is 0.317 e. The van der Waals surface area contributed by atoms with Gasteiger partial charge in [0.2, 0.25) is 0 Å². The van der Waals surface area contributed by atoms with Crippen molar-refractivity contribution in [3.05, 3.63) is 24.3 Å². The fourth-order valence-electron chi connectivity index (χ4n) is 3.97. The van der Waals surface area contributed by atoms with Gasteiger partial charge in [0.25, 0.3) is 0 Å². The Morgan fingerprint density at radius 3 is 3.04 bits per heavy atom. The van der Waals surface area contributed by atoms with E-state index in [0.29, 0.717) is 25.7 Å². The summed E-state index contributed by atoms with van der Waals surface area (Å²) in [6.45, 7) is 4.75. The van der Waals surface area contributed by atoms with Crippen LogP contribution >= 0.6 is 0 Å². The van der Waals surface area contributed by atoms with Crippen LogP contribution in [0.25, 0.3) is 16.8 Å². The molecule has 26 heavy (non-hydrogen) atoms. The van der Waals surface area contributed by atoms with Gasteiger partial charge in [-0.15, -0.1) is 10.2 Å². The third kappa shape index (κ3) is 2.34. The lowest BCUT2D eigenvalue weighted by Crippen LogP contribution is -2.52. The molecule has 0 aliphatic carbocycles. The minimum Gasteiger partial charge on any atom is -0.377 e. The second-order valence-corrected chi connectivity index (χ2v) is 7.09. The average Bonchev–Trinajstić information content (AvgIpc) is 3.32. The second kappa shape index (κ2) is 5.94. The van der Waals surface area contributed by atoms with E-state index in [-0.39, 0.29) is 18.0 Å². The first-order chi connectivity index (χ1) is 12.7. The van der Waals surface area contributed by atoms with Crippen LogP contribution in [0.2, 0.25) is 0 Å². The van der Waals surface area contributed by atoms with Gasteiger partial charge in [-0.3, -0.25) is 4.40 Å². The highest BCUT2D eigenvalue weighted by atomic mass is 16.5. The Kier molecular flexibility index (Phi) is 3.56. The van der Waals surface area contributed by atoms with Crippen molar-refractivity contribution in [2.45, 2.75) is 25.3 Å². The first-order valence-corrected chi connectivity index (χ1v) is 9.05. The molecular formula is C17H21N7O2. The molecule has 0 radical (unpaired) electrons. The highest BCUT2D eigenvalue weighted by molar-refractivity contribution is 5.76. The molecule has 9 heteroatoms. The molecule has 0 aromatic carbocycles. The first-order valence-electron chi connectivity index (χ1n) is 9.05. The molecule has 3 aromatic rings. The minimum atomic E-state index is -0.0125. The van der Waals surface area contributed by atoms with Gasteiger partial charge >= 0.3 is 6.03 Å². The maximum absolute atomic E-state index is 12.6. The Balaban J connectivity index is 1.47. The molecule has 0 bridgehead atoms. The van der Waals surface area contributed by atoms with Crippen molar-refractivity contribution in [3.8, 4) is 0 Å². The van der Waals surface area contributed by atoms with Crippen molar-refractivity contribution in [2.75, 3.05) is 26.3 Å². The molecule has 2 fully saturated rings. The largest absolute Gasteiger partial charge is 0.377 e. The molecule has 5 rings (SSSR count). The van der Waals surface area contributed by atoms with Gasteiger partial charge in [-0.1, -0.05) is 13.3 Å². The summed E-state index contributed by atoms with van der Waals surface area (Å²) in [7, 11) is 0. The molecule has 2 atom stereocenters. The van der Waals surface area contributed by atoms with Gasteiger partial charge in [0.05, 0.1) is 31.0 Å². The van der Waals surface area contributed by atoms with Gasteiger partial charge in [0, 0.05) is 25.2 Å². The molecule has 0 unspecified atom stereocenters. The summed E-state index contributed by atoms with van der Waals surface area (Å²) < 4.78 is 7.20. The van der Waals surface area contributed by atoms with Crippen LogP contribution in [0.15, 0.2) is 18.5 Å². The summed E-state index contributed by atoms with van der Waals surface area (Å²) in [6.07, 6.45) is 4.58. The van der Waals surface area contributed by atoms with Gasteiger partial charge < -0.3 is 19.9 Å². The number of urea groups is 1. The van der Waals surface area contributed by atoms with E-state index in [1.165, 1.54) is 0 Å². The predicted octanol–water partition coefficient (Wildman–Crippen LogP) is 1.14. The average molecular weight is 355 g/mol. The van der Waals surface area contributed by atoms with Crippen LogP contribution in [0.1, 0.15) is 25.1 Å². The van der Waals surface area contributed by atoms with Crippen molar-refractivity contribution in [1.29, 1.82) is 0 Å². The van der Waals surface area contributed by atoms with Crippen LogP contribution in [-0.4, -0.2) is 67.8 Å². The third-order valence-corrected chi connectivity index (χ3v) is 5.52. The molecule has 9 nitrogen and oxygen atoms in total. The van der Waals surface area contributed by atoms with Crippen molar-refractivity contribution >= 4 is 22.8 Å². The third-order valence-electron chi connectivity index (χ3n) is 5.52. The molecule has 3 aromatic heterocycles. The Hall–Kier alpha value is -2.68. The molecule has 0 spiro atoms. The number of hydrogen-bond acceptors (Lipinski definition) is 5. The fourth-order valence-corrected chi connectivity index (χ4v) is 3.97.